The van der Waals surface area contributed by atoms with Gasteiger partial charge >= 0.3 is 6.18 Å². The zero-order valence-electron chi connectivity index (χ0n) is 7.17. The molecule has 0 aromatic rings. The Balaban J connectivity index is 2.29. The predicted octanol–water partition coefficient (Wildman–Crippen LogP) is 2.11. The molecule has 13 heavy (non-hydrogen) atoms. The van der Waals surface area contributed by atoms with Crippen LogP contribution in [0, 0.1) is 5.92 Å². The fraction of sp³-hybridized carbons (Fsp3) is 0.750. The summed E-state index contributed by atoms with van der Waals surface area (Å²) in [6, 6.07) is 0. The summed E-state index contributed by atoms with van der Waals surface area (Å²) < 4.78 is 45.4. The fourth-order valence-corrected chi connectivity index (χ4v) is 1.10. The van der Waals surface area contributed by atoms with E-state index in [9.17, 15) is 13.2 Å². The van der Waals surface area contributed by atoms with Gasteiger partial charge in [-0.15, -0.1) is 0 Å². The van der Waals surface area contributed by atoms with Crippen LogP contribution in [0.3, 0.4) is 0 Å². The number of hydrogen-bond donors (Lipinski definition) is 0. The molecule has 5 heteroatoms. The van der Waals surface area contributed by atoms with Crippen LogP contribution >= 0.6 is 0 Å². The summed E-state index contributed by atoms with van der Waals surface area (Å²) in [6.45, 7) is 1.93. The van der Waals surface area contributed by atoms with Crippen molar-refractivity contribution in [1.82, 2.24) is 0 Å². The van der Waals surface area contributed by atoms with Crippen molar-refractivity contribution in [2.75, 3.05) is 13.2 Å². The lowest BCUT2D eigenvalue weighted by Gasteiger charge is -2.37. The number of hydrogen-bond acceptors (Lipinski definition) is 2. The lowest BCUT2D eigenvalue weighted by molar-refractivity contribution is -0.292. The minimum atomic E-state index is -4.26. The Morgan fingerprint density at radius 3 is 2.62 bits per heavy atom. The first-order chi connectivity index (χ1) is 6.05. The van der Waals surface area contributed by atoms with Gasteiger partial charge in [0.15, 0.2) is 6.10 Å². The first-order valence-corrected chi connectivity index (χ1v) is 3.96. The number of ether oxygens (including phenoxy) is 2. The molecule has 0 radical (unpaired) electrons. The van der Waals surface area contributed by atoms with Crippen molar-refractivity contribution in [3.05, 3.63) is 12.3 Å². The Labute approximate surface area is 74.3 Å². The highest BCUT2D eigenvalue weighted by Crippen LogP contribution is 2.35. The number of rotatable bonds is 3. The molecule has 1 heterocycles. The van der Waals surface area contributed by atoms with E-state index in [-0.39, 0.29) is 13.2 Å². The first-order valence-electron chi connectivity index (χ1n) is 3.96. The second-order valence-corrected chi connectivity index (χ2v) is 2.86. The maximum absolute atomic E-state index is 12.1. The minimum Gasteiger partial charge on any atom is -0.501 e. The Morgan fingerprint density at radius 2 is 2.23 bits per heavy atom. The summed E-state index contributed by atoms with van der Waals surface area (Å²) in [5.41, 5.74) is 0. The molecule has 0 amide bonds. The largest absolute Gasteiger partial charge is 0.501 e. The van der Waals surface area contributed by atoms with Crippen LogP contribution in [0.25, 0.3) is 0 Å². The lowest BCUT2D eigenvalue weighted by Crippen LogP contribution is -2.51. The highest BCUT2D eigenvalue weighted by atomic mass is 19.4. The van der Waals surface area contributed by atoms with Gasteiger partial charge in [-0.2, -0.15) is 13.2 Å². The summed E-state index contributed by atoms with van der Waals surface area (Å²) >= 11 is 0. The molecule has 0 N–H and O–H groups in total. The second kappa shape index (κ2) is 4.00. The molecule has 0 aromatic carbocycles. The van der Waals surface area contributed by atoms with E-state index in [1.807, 2.05) is 0 Å². The summed E-state index contributed by atoms with van der Waals surface area (Å²) in [5, 5.41) is 0. The molecule has 2 nitrogen and oxygen atoms in total. The van der Waals surface area contributed by atoms with E-state index in [2.05, 4.69) is 4.74 Å². The van der Waals surface area contributed by atoms with E-state index in [1.54, 1.807) is 13.0 Å². The first kappa shape index (κ1) is 10.4. The van der Waals surface area contributed by atoms with Gasteiger partial charge in [0.05, 0.1) is 25.4 Å². The van der Waals surface area contributed by atoms with Crippen LogP contribution in [0.4, 0.5) is 13.2 Å². The van der Waals surface area contributed by atoms with Crippen molar-refractivity contribution in [3.8, 4) is 0 Å². The van der Waals surface area contributed by atoms with Crippen LogP contribution in [0.2, 0.25) is 0 Å². The van der Waals surface area contributed by atoms with Crippen LogP contribution < -0.4 is 0 Å². The van der Waals surface area contributed by atoms with Gasteiger partial charge in [-0.25, -0.2) is 0 Å². The van der Waals surface area contributed by atoms with Crippen molar-refractivity contribution >= 4 is 0 Å². The van der Waals surface area contributed by atoms with E-state index >= 15 is 0 Å². The Morgan fingerprint density at radius 1 is 1.54 bits per heavy atom. The van der Waals surface area contributed by atoms with Gasteiger partial charge in [0.2, 0.25) is 0 Å². The Hall–Kier alpha value is -0.710. The van der Waals surface area contributed by atoms with E-state index in [4.69, 9.17) is 4.74 Å². The summed E-state index contributed by atoms with van der Waals surface area (Å²) in [4.78, 5) is 0. The van der Waals surface area contributed by atoms with Gasteiger partial charge in [0.25, 0.3) is 0 Å². The van der Waals surface area contributed by atoms with Gasteiger partial charge in [-0.05, 0) is 6.92 Å². The van der Waals surface area contributed by atoms with Crippen LogP contribution in [-0.4, -0.2) is 25.5 Å². The van der Waals surface area contributed by atoms with Crippen molar-refractivity contribution in [3.63, 3.8) is 0 Å². The van der Waals surface area contributed by atoms with Crippen molar-refractivity contribution < 1.29 is 22.6 Å². The summed E-state index contributed by atoms with van der Waals surface area (Å²) in [6.07, 6.45) is -2.89. The maximum Gasteiger partial charge on any atom is 0.415 e. The van der Waals surface area contributed by atoms with Crippen molar-refractivity contribution in [1.29, 1.82) is 0 Å². The quantitative estimate of drug-likeness (QED) is 0.643. The molecule has 1 saturated heterocycles. The van der Waals surface area contributed by atoms with Gasteiger partial charge in [-0.3, -0.25) is 0 Å². The molecule has 0 spiro atoms. The Kier molecular flexibility index (Phi) is 3.19. The monoisotopic (exact) mass is 196 g/mol. The summed E-state index contributed by atoms with van der Waals surface area (Å²) in [7, 11) is 0. The molecule has 76 valence electrons. The number of alkyl halides is 3. The molecular weight excluding hydrogens is 185 g/mol. The smallest absolute Gasteiger partial charge is 0.415 e. The Bertz CT molecular complexity index is 188. The molecule has 0 saturated carbocycles. The number of allylic oxidation sites excluding steroid dienone is 1. The molecule has 1 aliphatic heterocycles. The second-order valence-electron chi connectivity index (χ2n) is 2.86. The maximum atomic E-state index is 12.1. The summed E-state index contributed by atoms with van der Waals surface area (Å²) in [5.74, 6) is -0.559. The standard InChI is InChI=1S/C8H11F3O2/c1-2-3-12-4-6-5-13-7(6)8(9,10)11/h2-3,6-7H,4-5H2,1H3. The van der Waals surface area contributed by atoms with Gasteiger partial charge in [0, 0.05) is 0 Å². The molecule has 1 fully saturated rings. The molecule has 0 aliphatic carbocycles. The highest BCUT2D eigenvalue weighted by molar-refractivity contribution is 4.85. The molecule has 1 rings (SSSR count). The minimum absolute atomic E-state index is 0.0640. The van der Waals surface area contributed by atoms with Gasteiger partial charge < -0.3 is 9.47 Å². The third-order valence-electron chi connectivity index (χ3n) is 1.78. The molecule has 0 bridgehead atoms. The zero-order valence-corrected chi connectivity index (χ0v) is 7.17. The average molecular weight is 196 g/mol. The highest BCUT2D eigenvalue weighted by Gasteiger charge is 2.51. The van der Waals surface area contributed by atoms with Crippen molar-refractivity contribution in [2.45, 2.75) is 19.2 Å². The third kappa shape index (κ3) is 2.62. The molecular formula is C8H11F3O2. The molecule has 2 atom stereocenters. The average Bonchev–Trinajstić information content (AvgIpc) is 1.92. The van der Waals surface area contributed by atoms with Gasteiger partial charge in [0.1, 0.15) is 0 Å². The molecule has 0 aromatic heterocycles. The van der Waals surface area contributed by atoms with E-state index in [0.29, 0.717) is 0 Å². The van der Waals surface area contributed by atoms with E-state index in [0.717, 1.165) is 0 Å². The topological polar surface area (TPSA) is 18.5 Å². The van der Waals surface area contributed by atoms with Crippen LogP contribution in [0.1, 0.15) is 6.92 Å². The number of halogens is 3. The van der Waals surface area contributed by atoms with Crippen LogP contribution in [-0.2, 0) is 9.47 Å². The lowest BCUT2D eigenvalue weighted by atomic mass is 9.99. The van der Waals surface area contributed by atoms with Gasteiger partial charge in [-0.1, -0.05) is 6.08 Å². The fourth-order valence-electron chi connectivity index (χ4n) is 1.10. The normalized spacial score (nSPS) is 28.9. The third-order valence-corrected chi connectivity index (χ3v) is 1.78. The predicted molar refractivity (Wildman–Crippen MR) is 40.1 cm³/mol. The molecule has 1 aliphatic rings. The van der Waals surface area contributed by atoms with Crippen LogP contribution in [0.15, 0.2) is 12.3 Å². The van der Waals surface area contributed by atoms with Crippen molar-refractivity contribution in [2.24, 2.45) is 5.92 Å². The molecule has 2 unspecified atom stereocenters. The van der Waals surface area contributed by atoms with E-state index < -0.39 is 18.2 Å². The van der Waals surface area contributed by atoms with E-state index in [1.165, 1.54) is 6.26 Å². The zero-order chi connectivity index (χ0) is 9.90. The van der Waals surface area contributed by atoms with Crippen LogP contribution in [0.5, 0.6) is 0 Å². The SMILES string of the molecule is CC=COCC1COC1C(F)(F)F.